The van der Waals surface area contributed by atoms with Gasteiger partial charge in [-0.1, -0.05) is 48.5 Å². The Hall–Kier alpha value is -3.21. The van der Waals surface area contributed by atoms with Gasteiger partial charge in [0.1, 0.15) is 5.82 Å². The second-order valence-corrected chi connectivity index (χ2v) is 6.37. The van der Waals surface area contributed by atoms with Crippen LogP contribution in [0.25, 0.3) is 10.8 Å². The smallest absolute Gasteiger partial charge is 0.229 e. The Morgan fingerprint density at radius 2 is 1.73 bits per heavy atom. The van der Waals surface area contributed by atoms with Crippen LogP contribution in [0.4, 0.5) is 15.8 Å². The molecule has 1 unspecified atom stereocenters. The van der Waals surface area contributed by atoms with Crippen molar-refractivity contribution in [3.63, 3.8) is 0 Å². The maximum absolute atomic E-state index is 14.0. The Kier molecular flexibility index (Phi) is 4.13. The molecule has 3 aromatic rings. The molecule has 1 aliphatic heterocycles. The number of carbonyl (C=O) groups is 2. The summed E-state index contributed by atoms with van der Waals surface area (Å²) in [7, 11) is 0. The van der Waals surface area contributed by atoms with Gasteiger partial charge in [0, 0.05) is 24.0 Å². The number of hydrogen-bond acceptors (Lipinski definition) is 2. The Bertz CT molecular complexity index is 997. The van der Waals surface area contributed by atoms with Crippen molar-refractivity contribution in [1.82, 2.24) is 0 Å². The maximum atomic E-state index is 14.0. The fourth-order valence-corrected chi connectivity index (χ4v) is 3.36. The lowest BCUT2D eigenvalue weighted by Crippen LogP contribution is -2.28. The molecule has 0 bridgehead atoms. The number of nitrogens with one attached hydrogen (secondary N) is 1. The Balaban J connectivity index is 1.54. The van der Waals surface area contributed by atoms with E-state index >= 15 is 0 Å². The highest BCUT2D eigenvalue weighted by Crippen LogP contribution is 2.29. The van der Waals surface area contributed by atoms with Gasteiger partial charge in [0.2, 0.25) is 11.8 Å². The summed E-state index contributed by atoms with van der Waals surface area (Å²) in [5.41, 5.74) is 0.933. The molecular formula is C21H17FN2O2. The molecule has 1 saturated heterocycles. The summed E-state index contributed by atoms with van der Waals surface area (Å²) < 4.78 is 14.0. The minimum absolute atomic E-state index is 0.0743. The van der Waals surface area contributed by atoms with Gasteiger partial charge in [-0.15, -0.1) is 0 Å². The van der Waals surface area contributed by atoms with E-state index in [-0.39, 0.29) is 30.5 Å². The molecule has 0 spiro atoms. The van der Waals surface area contributed by atoms with Crippen molar-refractivity contribution in [2.45, 2.75) is 6.42 Å². The normalized spacial score (nSPS) is 16.9. The van der Waals surface area contributed by atoms with E-state index in [1.807, 2.05) is 42.5 Å². The summed E-state index contributed by atoms with van der Waals surface area (Å²) in [5.74, 6) is -1.45. The van der Waals surface area contributed by atoms with E-state index in [9.17, 15) is 14.0 Å². The zero-order valence-electron chi connectivity index (χ0n) is 14.0. The van der Waals surface area contributed by atoms with Crippen LogP contribution in [-0.4, -0.2) is 18.4 Å². The summed E-state index contributed by atoms with van der Waals surface area (Å²) in [6.07, 6.45) is 0.0743. The molecule has 4 rings (SSSR count). The van der Waals surface area contributed by atoms with Gasteiger partial charge >= 0.3 is 0 Å². The lowest BCUT2D eigenvalue weighted by molar-refractivity contribution is -0.122. The van der Waals surface area contributed by atoms with E-state index in [2.05, 4.69) is 5.32 Å². The third kappa shape index (κ3) is 2.92. The van der Waals surface area contributed by atoms with Crippen LogP contribution < -0.4 is 10.2 Å². The molecule has 0 radical (unpaired) electrons. The van der Waals surface area contributed by atoms with Crippen LogP contribution in [-0.2, 0) is 9.59 Å². The number of fused-ring (bicyclic) bond motifs is 1. The summed E-state index contributed by atoms with van der Waals surface area (Å²) in [4.78, 5) is 26.3. The van der Waals surface area contributed by atoms with Crippen LogP contribution in [0.15, 0.2) is 66.7 Å². The Labute approximate surface area is 150 Å². The van der Waals surface area contributed by atoms with Crippen LogP contribution in [0, 0.1) is 11.7 Å². The van der Waals surface area contributed by atoms with Gasteiger partial charge in [-0.3, -0.25) is 9.59 Å². The van der Waals surface area contributed by atoms with Crippen molar-refractivity contribution in [2.75, 3.05) is 16.8 Å². The number of nitrogens with zero attached hydrogens (tertiary/aromatic N) is 1. The molecule has 5 heteroatoms. The van der Waals surface area contributed by atoms with Crippen LogP contribution in [0.3, 0.4) is 0 Å². The number of hydrogen-bond donors (Lipinski definition) is 1. The van der Waals surface area contributed by atoms with E-state index in [1.54, 1.807) is 18.2 Å². The molecule has 1 aliphatic rings. The second-order valence-electron chi connectivity index (χ2n) is 6.37. The van der Waals surface area contributed by atoms with Gasteiger partial charge in [0.05, 0.1) is 11.6 Å². The lowest BCUT2D eigenvalue weighted by atomic mass is 10.1. The van der Waals surface area contributed by atoms with E-state index in [1.165, 1.54) is 11.0 Å². The van der Waals surface area contributed by atoms with Gasteiger partial charge in [-0.2, -0.15) is 0 Å². The minimum atomic E-state index is -0.513. The fourth-order valence-electron chi connectivity index (χ4n) is 3.36. The molecule has 1 heterocycles. The third-order valence-electron chi connectivity index (χ3n) is 4.69. The number of amides is 2. The molecule has 0 saturated carbocycles. The van der Waals surface area contributed by atoms with Crippen molar-refractivity contribution in [2.24, 2.45) is 5.92 Å². The highest BCUT2D eigenvalue weighted by atomic mass is 19.1. The first-order chi connectivity index (χ1) is 12.6. The summed E-state index contributed by atoms with van der Waals surface area (Å²) in [6, 6.07) is 19.6. The first-order valence-electron chi connectivity index (χ1n) is 8.47. The van der Waals surface area contributed by atoms with Crippen LogP contribution >= 0.6 is 0 Å². The van der Waals surface area contributed by atoms with Crippen molar-refractivity contribution in [3.8, 4) is 0 Å². The number of para-hydroxylation sites is 1. The van der Waals surface area contributed by atoms with Gasteiger partial charge < -0.3 is 10.2 Å². The summed E-state index contributed by atoms with van der Waals surface area (Å²) >= 11 is 0. The van der Waals surface area contributed by atoms with Crippen LogP contribution in [0.1, 0.15) is 6.42 Å². The fraction of sp³-hybridized carbons (Fsp3) is 0.143. The standard InChI is InChI=1S/C21H17FN2O2/c22-17-9-3-4-11-19(17)24-13-15(12-20(24)25)21(26)23-18-10-5-7-14-6-1-2-8-16(14)18/h1-11,15H,12-13H2,(H,23,26). The zero-order chi connectivity index (χ0) is 18.1. The van der Waals surface area contributed by atoms with Gasteiger partial charge in [0.25, 0.3) is 0 Å². The molecule has 1 N–H and O–H groups in total. The van der Waals surface area contributed by atoms with Gasteiger partial charge in [-0.25, -0.2) is 4.39 Å². The predicted molar refractivity (Wildman–Crippen MR) is 99.4 cm³/mol. The third-order valence-corrected chi connectivity index (χ3v) is 4.69. The first-order valence-corrected chi connectivity index (χ1v) is 8.47. The largest absolute Gasteiger partial charge is 0.325 e. The summed E-state index contributed by atoms with van der Waals surface area (Å²) in [6.45, 7) is 0.177. The van der Waals surface area contributed by atoms with Crippen LogP contribution in [0.5, 0.6) is 0 Å². The van der Waals surface area contributed by atoms with E-state index in [0.717, 1.165) is 10.8 Å². The monoisotopic (exact) mass is 348 g/mol. The minimum Gasteiger partial charge on any atom is -0.325 e. The molecular weight excluding hydrogens is 331 g/mol. The first kappa shape index (κ1) is 16.3. The molecule has 1 atom stereocenters. The quantitative estimate of drug-likeness (QED) is 0.779. The number of halogens is 1. The summed E-state index contributed by atoms with van der Waals surface area (Å²) in [5, 5.41) is 4.89. The Morgan fingerprint density at radius 1 is 1.00 bits per heavy atom. The molecule has 1 fully saturated rings. The van der Waals surface area contributed by atoms with E-state index in [4.69, 9.17) is 0 Å². The Morgan fingerprint density at radius 3 is 2.58 bits per heavy atom. The highest BCUT2D eigenvalue weighted by Gasteiger charge is 2.36. The van der Waals surface area contributed by atoms with E-state index < -0.39 is 11.7 Å². The van der Waals surface area contributed by atoms with Crippen molar-refractivity contribution in [1.29, 1.82) is 0 Å². The zero-order valence-corrected chi connectivity index (χ0v) is 14.0. The highest BCUT2D eigenvalue weighted by molar-refractivity contribution is 6.07. The van der Waals surface area contributed by atoms with Gasteiger partial charge in [0.15, 0.2) is 0 Å². The molecule has 3 aromatic carbocycles. The van der Waals surface area contributed by atoms with E-state index in [0.29, 0.717) is 5.69 Å². The SMILES string of the molecule is O=C(Nc1cccc2ccccc12)C1CC(=O)N(c2ccccc2F)C1. The number of rotatable bonds is 3. The maximum Gasteiger partial charge on any atom is 0.229 e. The molecule has 2 amide bonds. The predicted octanol–water partition coefficient (Wildman–Crippen LogP) is 3.97. The van der Waals surface area contributed by atoms with Crippen molar-refractivity contribution in [3.05, 3.63) is 72.5 Å². The number of carbonyl (C=O) groups excluding carboxylic acids is 2. The number of benzene rings is 3. The second kappa shape index (κ2) is 6.59. The molecule has 0 aromatic heterocycles. The van der Waals surface area contributed by atoms with Crippen molar-refractivity contribution >= 4 is 34.0 Å². The lowest BCUT2D eigenvalue weighted by Gasteiger charge is -2.17. The van der Waals surface area contributed by atoms with Crippen molar-refractivity contribution < 1.29 is 14.0 Å². The molecule has 26 heavy (non-hydrogen) atoms. The molecule has 0 aliphatic carbocycles. The molecule has 4 nitrogen and oxygen atoms in total. The average molecular weight is 348 g/mol. The number of anilines is 2. The van der Waals surface area contributed by atoms with Crippen LogP contribution in [0.2, 0.25) is 0 Å². The van der Waals surface area contributed by atoms with Gasteiger partial charge in [-0.05, 0) is 23.6 Å². The average Bonchev–Trinajstić information content (AvgIpc) is 3.04. The molecule has 130 valence electrons. The topological polar surface area (TPSA) is 49.4 Å².